The first-order valence-corrected chi connectivity index (χ1v) is 8.55. The number of hydrogen-bond donors (Lipinski definition) is 2. The van der Waals surface area contributed by atoms with E-state index in [0.717, 1.165) is 25.0 Å². The third-order valence-electron chi connectivity index (χ3n) is 3.18. The summed E-state index contributed by atoms with van der Waals surface area (Å²) in [7, 11) is 0. The Morgan fingerprint density at radius 1 is 1.13 bits per heavy atom. The average molecular weight is 337 g/mol. The summed E-state index contributed by atoms with van der Waals surface area (Å²) < 4.78 is 26.3. The van der Waals surface area contributed by atoms with Gasteiger partial charge in [0.2, 0.25) is 0 Å². The minimum absolute atomic E-state index is 0.532. The predicted octanol–water partition coefficient (Wildman–Crippen LogP) is 3.37. The minimum atomic E-state index is -0.545. The van der Waals surface area contributed by atoms with Crippen molar-refractivity contribution >= 4 is 17.3 Å². The number of benzene rings is 1. The van der Waals surface area contributed by atoms with Crippen LogP contribution < -0.4 is 10.6 Å². The third kappa shape index (κ3) is 6.36. The van der Waals surface area contributed by atoms with Crippen LogP contribution in [0.5, 0.6) is 0 Å². The van der Waals surface area contributed by atoms with Crippen molar-refractivity contribution in [3.05, 3.63) is 57.8 Å². The molecule has 1 aromatic carbocycles. The van der Waals surface area contributed by atoms with E-state index in [4.69, 9.17) is 0 Å². The molecule has 0 bridgehead atoms. The summed E-state index contributed by atoms with van der Waals surface area (Å²) in [6, 6.07) is 7.72. The number of halogens is 2. The van der Waals surface area contributed by atoms with Crippen molar-refractivity contribution < 1.29 is 8.78 Å². The highest BCUT2D eigenvalue weighted by Crippen LogP contribution is 2.09. The van der Waals surface area contributed by atoms with Crippen LogP contribution in [-0.2, 0) is 12.8 Å². The van der Waals surface area contributed by atoms with Gasteiger partial charge in [-0.2, -0.15) is 0 Å². The van der Waals surface area contributed by atoms with Crippen molar-refractivity contribution in [3.8, 4) is 0 Å². The summed E-state index contributed by atoms with van der Waals surface area (Å²) >= 11 is 1.72. The van der Waals surface area contributed by atoms with Gasteiger partial charge in [0, 0.05) is 37.0 Å². The number of guanidine groups is 1. The fourth-order valence-electron chi connectivity index (χ4n) is 2.16. The molecule has 3 nitrogen and oxygen atoms in total. The predicted molar refractivity (Wildman–Crippen MR) is 92.1 cm³/mol. The Bertz CT molecular complexity index is 607. The van der Waals surface area contributed by atoms with Gasteiger partial charge >= 0.3 is 0 Å². The zero-order valence-corrected chi connectivity index (χ0v) is 13.9. The smallest absolute Gasteiger partial charge is 0.191 e. The molecule has 2 rings (SSSR count). The van der Waals surface area contributed by atoms with Gasteiger partial charge in [-0.1, -0.05) is 6.07 Å². The summed E-state index contributed by atoms with van der Waals surface area (Å²) in [5.41, 5.74) is 0.629. The molecule has 0 aliphatic rings. The minimum Gasteiger partial charge on any atom is -0.357 e. The van der Waals surface area contributed by atoms with Crippen LogP contribution in [0.1, 0.15) is 17.4 Å². The number of nitrogens with zero attached hydrogens (tertiary/aromatic N) is 1. The molecule has 0 unspecified atom stereocenters. The molecule has 1 aromatic heterocycles. The standard InChI is InChI=1S/C17H21F2N3S/c1-2-20-17(22-8-6-16-4-3-9-23-16)21-7-5-13-10-14(18)12-15(19)11-13/h3-4,9-12H,2,5-8H2,1H3,(H2,20,21,22). The van der Waals surface area contributed by atoms with Crippen molar-refractivity contribution in [2.75, 3.05) is 19.6 Å². The van der Waals surface area contributed by atoms with Crippen molar-refractivity contribution in [3.63, 3.8) is 0 Å². The average Bonchev–Trinajstić information content (AvgIpc) is 2.99. The molecule has 0 saturated carbocycles. The van der Waals surface area contributed by atoms with E-state index in [1.807, 2.05) is 13.0 Å². The van der Waals surface area contributed by atoms with Crippen LogP contribution in [0, 0.1) is 11.6 Å². The molecule has 6 heteroatoms. The molecule has 0 radical (unpaired) electrons. The number of rotatable bonds is 7. The van der Waals surface area contributed by atoms with Gasteiger partial charge in [-0.15, -0.1) is 11.3 Å². The Balaban J connectivity index is 1.81. The fraction of sp³-hybridized carbons (Fsp3) is 0.353. The van der Waals surface area contributed by atoms with Crippen LogP contribution >= 0.6 is 11.3 Å². The Hall–Kier alpha value is -1.95. The molecule has 0 amide bonds. The molecule has 2 aromatic rings. The lowest BCUT2D eigenvalue weighted by atomic mass is 10.1. The number of nitrogens with one attached hydrogen (secondary N) is 2. The van der Waals surface area contributed by atoms with E-state index in [1.165, 1.54) is 17.0 Å². The normalized spacial score (nSPS) is 11.5. The zero-order valence-electron chi connectivity index (χ0n) is 13.1. The summed E-state index contributed by atoms with van der Waals surface area (Å²) in [5, 5.41) is 8.41. The van der Waals surface area contributed by atoms with Gasteiger partial charge in [0.05, 0.1) is 0 Å². The SMILES string of the molecule is CCNC(=NCCc1cccs1)NCCc1cc(F)cc(F)c1. The maximum Gasteiger partial charge on any atom is 0.191 e. The molecule has 2 N–H and O–H groups in total. The quantitative estimate of drug-likeness (QED) is 0.600. The van der Waals surface area contributed by atoms with E-state index in [1.54, 1.807) is 11.3 Å². The second kappa shape index (κ2) is 9.25. The first-order valence-electron chi connectivity index (χ1n) is 7.67. The molecule has 0 fully saturated rings. The largest absolute Gasteiger partial charge is 0.357 e. The maximum atomic E-state index is 13.1. The lowest BCUT2D eigenvalue weighted by Gasteiger charge is -2.11. The van der Waals surface area contributed by atoms with Crippen LogP contribution in [-0.4, -0.2) is 25.6 Å². The van der Waals surface area contributed by atoms with Crippen LogP contribution in [0.3, 0.4) is 0 Å². The van der Waals surface area contributed by atoms with Crippen molar-refractivity contribution in [2.24, 2.45) is 4.99 Å². The number of aliphatic imine (C=N–C) groups is 1. The lowest BCUT2D eigenvalue weighted by Crippen LogP contribution is -2.38. The van der Waals surface area contributed by atoms with Crippen LogP contribution in [0.4, 0.5) is 8.78 Å². The molecule has 124 valence electrons. The molecule has 23 heavy (non-hydrogen) atoms. The number of thiophene rings is 1. The molecule has 0 aliphatic carbocycles. The van der Waals surface area contributed by atoms with Gasteiger partial charge in [0.1, 0.15) is 11.6 Å². The first-order chi connectivity index (χ1) is 11.2. The van der Waals surface area contributed by atoms with E-state index in [9.17, 15) is 8.78 Å². The summed E-state index contributed by atoms with van der Waals surface area (Å²) in [6.45, 7) is 4.02. The molecule has 0 saturated heterocycles. The third-order valence-corrected chi connectivity index (χ3v) is 4.12. The van der Waals surface area contributed by atoms with E-state index < -0.39 is 11.6 Å². The fourth-order valence-corrected chi connectivity index (χ4v) is 2.85. The van der Waals surface area contributed by atoms with Crippen LogP contribution in [0.15, 0.2) is 40.7 Å². The summed E-state index contributed by atoms with van der Waals surface area (Å²) in [5.74, 6) is -0.367. The monoisotopic (exact) mass is 337 g/mol. The van der Waals surface area contributed by atoms with Crippen molar-refractivity contribution in [1.29, 1.82) is 0 Å². The lowest BCUT2D eigenvalue weighted by molar-refractivity contribution is 0.579. The Morgan fingerprint density at radius 3 is 2.57 bits per heavy atom. The van der Waals surface area contributed by atoms with E-state index in [-0.39, 0.29) is 0 Å². The van der Waals surface area contributed by atoms with Gasteiger partial charge in [0.15, 0.2) is 5.96 Å². The zero-order chi connectivity index (χ0) is 16.5. The highest BCUT2D eigenvalue weighted by atomic mass is 32.1. The first kappa shape index (κ1) is 17.4. The second-order valence-corrected chi connectivity index (χ2v) is 6.08. The summed E-state index contributed by atoms with van der Waals surface area (Å²) in [4.78, 5) is 5.81. The Kier molecular flexibility index (Phi) is 7.00. The molecular formula is C17H21F2N3S. The molecule has 0 aliphatic heterocycles. The molecule has 0 spiro atoms. The Morgan fingerprint density at radius 2 is 1.91 bits per heavy atom. The molecule has 1 heterocycles. The molecular weight excluding hydrogens is 316 g/mol. The van der Waals surface area contributed by atoms with Gasteiger partial charge < -0.3 is 10.6 Å². The highest BCUT2D eigenvalue weighted by molar-refractivity contribution is 7.09. The van der Waals surface area contributed by atoms with E-state index in [0.29, 0.717) is 25.1 Å². The highest BCUT2D eigenvalue weighted by Gasteiger charge is 2.02. The van der Waals surface area contributed by atoms with E-state index >= 15 is 0 Å². The topological polar surface area (TPSA) is 36.4 Å². The van der Waals surface area contributed by atoms with Gasteiger partial charge in [-0.3, -0.25) is 4.99 Å². The van der Waals surface area contributed by atoms with Crippen LogP contribution in [0.2, 0.25) is 0 Å². The molecule has 0 atom stereocenters. The van der Waals surface area contributed by atoms with Crippen molar-refractivity contribution in [1.82, 2.24) is 10.6 Å². The van der Waals surface area contributed by atoms with E-state index in [2.05, 4.69) is 27.1 Å². The summed E-state index contributed by atoms with van der Waals surface area (Å²) in [6.07, 6.45) is 1.44. The van der Waals surface area contributed by atoms with Crippen molar-refractivity contribution in [2.45, 2.75) is 19.8 Å². The number of hydrogen-bond acceptors (Lipinski definition) is 2. The Labute approximate surface area is 139 Å². The maximum absolute atomic E-state index is 13.1. The van der Waals surface area contributed by atoms with Gasteiger partial charge in [0.25, 0.3) is 0 Å². The van der Waals surface area contributed by atoms with Crippen LogP contribution in [0.25, 0.3) is 0 Å². The van der Waals surface area contributed by atoms with Gasteiger partial charge in [-0.25, -0.2) is 8.78 Å². The second-order valence-electron chi connectivity index (χ2n) is 5.04. The van der Waals surface area contributed by atoms with Gasteiger partial charge in [-0.05, 0) is 42.5 Å².